The molecule has 1 heterocycles. The topological polar surface area (TPSA) is 15.3 Å². The molecule has 1 rings (SSSR count). The fourth-order valence-electron chi connectivity index (χ4n) is 1.84. The third-order valence-electron chi connectivity index (χ3n) is 2.67. The van der Waals surface area contributed by atoms with E-state index in [1.54, 1.807) is 0 Å². The minimum Gasteiger partial charge on any atom is -0.311 e. The summed E-state index contributed by atoms with van der Waals surface area (Å²) in [5, 5.41) is 3.58. The second-order valence-corrected chi connectivity index (χ2v) is 5.35. The minimum atomic E-state index is 0.723. The van der Waals surface area contributed by atoms with Crippen LogP contribution < -0.4 is 5.32 Å². The average Bonchev–Trinajstić information content (AvgIpc) is 2.20. The van der Waals surface area contributed by atoms with Crippen LogP contribution >= 0.6 is 11.8 Å². The van der Waals surface area contributed by atoms with Crippen molar-refractivity contribution >= 4 is 11.8 Å². The van der Waals surface area contributed by atoms with Gasteiger partial charge in [-0.2, -0.15) is 11.8 Å². The molecule has 1 N–H and O–H groups in total. The van der Waals surface area contributed by atoms with Gasteiger partial charge in [0.25, 0.3) is 0 Å². The van der Waals surface area contributed by atoms with E-state index >= 15 is 0 Å². The van der Waals surface area contributed by atoms with Gasteiger partial charge in [0.1, 0.15) is 0 Å². The Balaban J connectivity index is 2.03. The van der Waals surface area contributed by atoms with Crippen molar-refractivity contribution in [3.8, 4) is 0 Å². The second kappa shape index (κ2) is 7.55. The molecule has 0 saturated carbocycles. The lowest BCUT2D eigenvalue weighted by molar-refractivity contribution is 0.292. The summed E-state index contributed by atoms with van der Waals surface area (Å²) < 4.78 is 0. The number of likely N-dealkylation sites (N-methyl/N-ethyl adjacent to an activating group) is 1. The maximum absolute atomic E-state index is 3.58. The number of hydrogen-bond donors (Lipinski definition) is 1. The van der Waals surface area contributed by atoms with Crippen LogP contribution in [-0.4, -0.2) is 49.1 Å². The van der Waals surface area contributed by atoms with Crippen LogP contribution in [0.5, 0.6) is 0 Å². The zero-order chi connectivity index (χ0) is 10.2. The first-order valence-electron chi connectivity index (χ1n) is 5.82. The third kappa shape index (κ3) is 5.23. The zero-order valence-electron chi connectivity index (χ0n) is 9.59. The van der Waals surface area contributed by atoms with Gasteiger partial charge in [-0.1, -0.05) is 19.8 Å². The molecule has 0 aliphatic carbocycles. The van der Waals surface area contributed by atoms with Crippen LogP contribution in [0.25, 0.3) is 0 Å². The number of rotatable bonds is 6. The fourth-order valence-corrected chi connectivity index (χ4v) is 2.77. The molecule has 84 valence electrons. The molecule has 0 radical (unpaired) electrons. The Labute approximate surface area is 92.8 Å². The average molecular weight is 216 g/mol. The lowest BCUT2D eigenvalue weighted by atomic mass is 10.2. The molecule has 1 fully saturated rings. The van der Waals surface area contributed by atoms with Gasteiger partial charge in [-0.05, 0) is 20.0 Å². The lowest BCUT2D eigenvalue weighted by Crippen LogP contribution is -2.45. The van der Waals surface area contributed by atoms with Crippen molar-refractivity contribution in [3.63, 3.8) is 0 Å². The number of unbranched alkanes of at least 4 members (excludes halogenated alkanes) is 2. The van der Waals surface area contributed by atoms with Crippen molar-refractivity contribution in [3.05, 3.63) is 0 Å². The van der Waals surface area contributed by atoms with Gasteiger partial charge in [-0.25, -0.2) is 0 Å². The molecule has 0 aromatic carbocycles. The van der Waals surface area contributed by atoms with Crippen LogP contribution in [0.15, 0.2) is 0 Å². The van der Waals surface area contributed by atoms with E-state index < -0.39 is 0 Å². The molecule has 1 atom stereocenters. The molecule has 2 nitrogen and oxygen atoms in total. The monoisotopic (exact) mass is 216 g/mol. The normalized spacial score (nSPS) is 22.9. The molecule has 0 aromatic heterocycles. The summed E-state index contributed by atoms with van der Waals surface area (Å²) >= 11 is 2.08. The molecule has 0 spiro atoms. The van der Waals surface area contributed by atoms with Crippen LogP contribution in [0.1, 0.15) is 26.2 Å². The van der Waals surface area contributed by atoms with Gasteiger partial charge in [0.15, 0.2) is 0 Å². The van der Waals surface area contributed by atoms with E-state index in [4.69, 9.17) is 0 Å². The Bertz CT molecular complexity index is 135. The van der Waals surface area contributed by atoms with Crippen molar-refractivity contribution < 1.29 is 0 Å². The van der Waals surface area contributed by atoms with Crippen LogP contribution in [0.4, 0.5) is 0 Å². The van der Waals surface area contributed by atoms with Crippen LogP contribution in [0.3, 0.4) is 0 Å². The standard InChI is InChI=1S/C11H24N2S/c1-3-4-5-7-13(2)9-11-10-14-8-6-12-11/h11-12H,3-10H2,1-2H3. The maximum Gasteiger partial charge on any atom is 0.0285 e. The van der Waals surface area contributed by atoms with E-state index in [1.165, 1.54) is 50.4 Å². The Morgan fingerprint density at radius 3 is 2.93 bits per heavy atom. The highest BCUT2D eigenvalue weighted by Gasteiger charge is 2.14. The maximum atomic E-state index is 3.58. The molecule has 1 aliphatic rings. The lowest BCUT2D eigenvalue weighted by Gasteiger charge is -2.27. The molecule has 1 aliphatic heterocycles. The summed E-state index contributed by atoms with van der Waals surface area (Å²) in [6.45, 7) is 5.94. The van der Waals surface area contributed by atoms with Crippen LogP contribution in [0, 0.1) is 0 Å². The first-order chi connectivity index (χ1) is 6.83. The smallest absolute Gasteiger partial charge is 0.0285 e. The summed E-state index contributed by atoms with van der Waals surface area (Å²) in [5.74, 6) is 2.58. The molecule has 3 heteroatoms. The van der Waals surface area contributed by atoms with Gasteiger partial charge in [-0.15, -0.1) is 0 Å². The van der Waals surface area contributed by atoms with Crippen LogP contribution in [0.2, 0.25) is 0 Å². The predicted molar refractivity (Wildman–Crippen MR) is 66.1 cm³/mol. The van der Waals surface area contributed by atoms with Crippen molar-refractivity contribution in [1.29, 1.82) is 0 Å². The van der Waals surface area contributed by atoms with Gasteiger partial charge >= 0.3 is 0 Å². The van der Waals surface area contributed by atoms with Crippen LogP contribution in [-0.2, 0) is 0 Å². The summed E-state index contributed by atoms with van der Waals surface area (Å²) in [6.07, 6.45) is 4.05. The van der Waals surface area contributed by atoms with Crippen molar-refractivity contribution in [2.45, 2.75) is 32.2 Å². The van der Waals surface area contributed by atoms with Crippen molar-refractivity contribution in [1.82, 2.24) is 10.2 Å². The Kier molecular flexibility index (Phi) is 6.65. The van der Waals surface area contributed by atoms with E-state index in [9.17, 15) is 0 Å². The predicted octanol–water partition coefficient (Wildman–Crippen LogP) is 1.81. The van der Waals surface area contributed by atoms with Gasteiger partial charge in [0.2, 0.25) is 0 Å². The van der Waals surface area contributed by atoms with Gasteiger partial charge in [0, 0.05) is 30.6 Å². The minimum absolute atomic E-state index is 0.723. The largest absolute Gasteiger partial charge is 0.311 e. The number of nitrogens with zero attached hydrogens (tertiary/aromatic N) is 1. The Hall–Kier alpha value is 0.270. The van der Waals surface area contributed by atoms with E-state index in [-0.39, 0.29) is 0 Å². The Morgan fingerprint density at radius 1 is 1.43 bits per heavy atom. The van der Waals surface area contributed by atoms with E-state index in [2.05, 4.69) is 35.9 Å². The van der Waals surface area contributed by atoms with Gasteiger partial charge in [-0.3, -0.25) is 0 Å². The molecular formula is C11H24N2S. The van der Waals surface area contributed by atoms with Crippen molar-refractivity contribution in [2.75, 3.05) is 38.2 Å². The highest BCUT2D eigenvalue weighted by Crippen LogP contribution is 2.08. The SMILES string of the molecule is CCCCCN(C)CC1CSCCN1. The van der Waals surface area contributed by atoms with Gasteiger partial charge in [0.05, 0.1) is 0 Å². The molecule has 1 unspecified atom stereocenters. The zero-order valence-corrected chi connectivity index (χ0v) is 10.4. The van der Waals surface area contributed by atoms with E-state index in [0.29, 0.717) is 0 Å². The molecule has 14 heavy (non-hydrogen) atoms. The molecular weight excluding hydrogens is 192 g/mol. The van der Waals surface area contributed by atoms with Crippen molar-refractivity contribution in [2.24, 2.45) is 0 Å². The summed E-state index contributed by atoms with van der Waals surface area (Å²) in [6, 6.07) is 0.723. The number of hydrogen-bond acceptors (Lipinski definition) is 3. The quantitative estimate of drug-likeness (QED) is 0.682. The number of nitrogens with one attached hydrogen (secondary N) is 1. The highest BCUT2D eigenvalue weighted by atomic mass is 32.2. The molecule has 0 aromatic rings. The Morgan fingerprint density at radius 2 is 2.29 bits per heavy atom. The summed E-state index contributed by atoms with van der Waals surface area (Å²) in [4.78, 5) is 2.47. The molecule has 0 bridgehead atoms. The second-order valence-electron chi connectivity index (χ2n) is 4.20. The number of thioether (sulfide) groups is 1. The third-order valence-corrected chi connectivity index (χ3v) is 3.80. The highest BCUT2D eigenvalue weighted by molar-refractivity contribution is 7.99. The summed E-state index contributed by atoms with van der Waals surface area (Å²) in [5.41, 5.74) is 0. The van der Waals surface area contributed by atoms with Gasteiger partial charge < -0.3 is 10.2 Å². The van der Waals surface area contributed by atoms with E-state index in [1.807, 2.05) is 0 Å². The first kappa shape index (κ1) is 12.3. The first-order valence-corrected chi connectivity index (χ1v) is 6.98. The summed E-state index contributed by atoms with van der Waals surface area (Å²) in [7, 11) is 2.25. The molecule has 1 saturated heterocycles. The molecule has 0 amide bonds. The fraction of sp³-hybridized carbons (Fsp3) is 1.00. The van der Waals surface area contributed by atoms with E-state index in [0.717, 1.165) is 6.04 Å².